The van der Waals surface area contributed by atoms with Gasteiger partial charge in [0.2, 0.25) is 0 Å². The number of rotatable bonds is 1. The molecule has 14 heavy (non-hydrogen) atoms. The van der Waals surface area contributed by atoms with Crippen molar-refractivity contribution in [1.29, 1.82) is 0 Å². The summed E-state index contributed by atoms with van der Waals surface area (Å²) in [5, 5.41) is 3.38. The molecule has 0 bridgehead atoms. The first-order valence-corrected chi connectivity index (χ1v) is 5.06. The highest BCUT2D eigenvalue weighted by Gasteiger charge is 2.35. The number of benzene rings is 1. The molecular weight excluding hydrogens is 177 g/mol. The van der Waals surface area contributed by atoms with Gasteiger partial charge in [-0.2, -0.15) is 0 Å². The number of hydrogen-bond donors (Lipinski definition) is 1. The van der Waals surface area contributed by atoms with Crippen LogP contribution in [0.5, 0.6) is 0 Å². The number of hydrogen-bond acceptors (Lipinski definition) is 1. The minimum Gasteiger partial charge on any atom is -0.316 e. The Balaban J connectivity index is 2.27. The molecule has 2 rings (SSSR count). The second-order valence-electron chi connectivity index (χ2n) is 4.72. The molecular formula is C12H16FN. The molecule has 0 aliphatic carbocycles. The van der Waals surface area contributed by atoms with E-state index in [1.165, 1.54) is 5.56 Å². The first-order chi connectivity index (χ1) is 6.59. The van der Waals surface area contributed by atoms with Crippen molar-refractivity contribution >= 4 is 0 Å². The normalized spacial score (nSPS) is 25.2. The lowest BCUT2D eigenvalue weighted by molar-refractivity contribution is 0.363. The molecule has 1 heterocycles. The lowest BCUT2D eigenvalue weighted by Gasteiger charge is -2.25. The Labute approximate surface area is 84.3 Å². The summed E-state index contributed by atoms with van der Waals surface area (Å²) in [6.45, 7) is 6.54. The topological polar surface area (TPSA) is 12.0 Å². The average molecular weight is 193 g/mol. The van der Waals surface area contributed by atoms with Gasteiger partial charge in [-0.25, -0.2) is 4.39 Å². The van der Waals surface area contributed by atoms with E-state index in [9.17, 15) is 4.39 Å². The summed E-state index contributed by atoms with van der Waals surface area (Å²) in [4.78, 5) is 0. The van der Waals surface area contributed by atoms with E-state index in [1.54, 1.807) is 12.1 Å². The SMILES string of the molecule is CC1(C)CNC[C@H]1c1ccc(F)cc1. The summed E-state index contributed by atoms with van der Waals surface area (Å²) in [6, 6.07) is 6.89. The molecule has 1 atom stereocenters. The van der Waals surface area contributed by atoms with Crippen LogP contribution in [0.25, 0.3) is 0 Å². The van der Waals surface area contributed by atoms with Gasteiger partial charge in [-0.1, -0.05) is 26.0 Å². The predicted molar refractivity (Wildman–Crippen MR) is 55.8 cm³/mol. The van der Waals surface area contributed by atoms with Crippen molar-refractivity contribution in [2.45, 2.75) is 19.8 Å². The van der Waals surface area contributed by atoms with Crippen molar-refractivity contribution in [1.82, 2.24) is 5.32 Å². The number of halogens is 1. The molecule has 0 amide bonds. The third-order valence-corrected chi connectivity index (χ3v) is 3.14. The summed E-state index contributed by atoms with van der Waals surface area (Å²) in [5.74, 6) is 0.348. The van der Waals surface area contributed by atoms with Crippen LogP contribution in [-0.4, -0.2) is 13.1 Å². The van der Waals surface area contributed by atoms with Crippen molar-refractivity contribution in [2.24, 2.45) is 5.41 Å². The van der Waals surface area contributed by atoms with Crippen molar-refractivity contribution in [2.75, 3.05) is 13.1 Å². The van der Waals surface area contributed by atoms with E-state index in [-0.39, 0.29) is 11.2 Å². The van der Waals surface area contributed by atoms with Crippen LogP contribution in [0.2, 0.25) is 0 Å². The minimum atomic E-state index is -0.155. The first kappa shape index (κ1) is 9.66. The van der Waals surface area contributed by atoms with Gasteiger partial charge < -0.3 is 5.32 Å². The molecule has 0 aromatic heterocycles. The van der Waals surface area contributed by atoms with E-state index in [0.29, 0.717) is 5.92 Å². The molecule has 1 aliphatic heterocycles. The third kappa shape index (κ3) is 1.67. The molecule has 2 heteroatoms. The van der Waals surface area contributed by atoms with Gasteiger partial charge in [-0.3, -0.25) is 0 Å². The fourth-order valence-electron chi connectivity index (χ4n) is 2.20. The zero-order valence-electron chi connectivity index (χ0n) is 8.68. The Morgan fingerprint density at radius 3 is 2.43 bits per heavy atom. The fraction of sp³-hybridized carbons (Fsp3) is 0.500. The highest BCUT2D eigenvalue weighted by Crippen LogP contribution is 2.38. The van der Waals surface area contributed by atoms with E-state index in [1.807, 2.05) is 12.1 Å². The largest absolute Gasteiger partial charge is 0.316 e. The Bertz CT molecular complexity index is 316. The van der Waals surface area contributed by atoms with Crippen molar-refractivity contribution in [3.8, 4) is 0 Å². The first-order valence-electron chi connectivity index (χ1n) is 5.06. The Kier molecular flexibility index (Phi) is 2.31. The molecule has 1 saturated heterocycles. The Morgan fingerprint density at radius 2 is 1.93 bits per heavy atom. The molecule has 76 valence electrons. The fourth-order valence-corrected chi connectivity index (χ4v) is 2.20. The third-order valence-electron chi connectivity index (χ3n) is 3.14. The van der Waals surface area contributed by atoms with E-state index in [2.05, 4.69) is 19.2 Å². The molecule has 1 aromatic carbocycles. The quantitative estimate of drug-likeness (QED) is 0.722. The second-order valence-corrected chi connectivity index (χ2v) is 4.72. The lowest BCUT2D eigenvalue weighted by Crippen LogP contribution is -2.20. The smallest absolute Gasteiger partial charge is 0.123 e. The van der Waals surface area contributed by atoms with Gasteiger partial charge in [0.1, 0.15) is 5.82 Å². The van der Waals surface area contributed by atoms with Crippen LogP contribution in [0.15, 0.2) is 24.3 Å². The summed E-state index contributed by atoms with van der Waals surface area (Å²) in [7, 11) is 0. The van der Waals surface area contributed by atoms with E-state index in [0.717, 1.165) is 13.1 Å². The second kappa shape index (κ2) is 3.35. The molecule has 1 nitrogen and oxygen atoms in total. The van der Waals surface area contributed by atoms with Crippen LogP contribution < -0.4 is 5.32 Å². The molecule has 0 spiro atoms. The van der Waals surface area contributed by atoms with Gasteiger partial charge >= 0.3 is 0 Å². The number of nitrogens with one attached hydrogen (secondary N) is 1. The van der Waals surface area contributed by atoms with Gasteiger partial charge in [0.05, 0.1) is 0 Å². The van der Waals surface area contributed by atoms with Crippen molar-refractivity contribution in [3.63, 3.8) is 0 Å². The van der Waals surface area contributed by atoms with E-state index < -0.39 is 0 Å². The van der Waals surface area contributed by atoms with E-state index >= 15 is 0 Å². The van der Waals surface area contributed by atoms with Gasteiger partial charge in [0.25, 0.3) is 0 Å². The van der Waals surface area contributed by atoms with Crippen LogP contribution >= 0.6 is 0 Å². The summed E-state index contributed by atoms with van der Waals surface area (Å²) in [5.41, 5.74) is 1.51. The van der Waals surface area contributed by atoms with Gasteiger partial charge in [-0.05, 0) is 23.1 Å². The zero-order chi connectivity index (χ0) is 10.2. The molecule has 0 unspecified atom stereocenters. The molecule has 1 fully saturated rings. The zero-order valence-corrected chi connectivity index (χ0v) is 8.68. The molecule has 1 aliphatic rings. The standard InChI is InChI=1S/C12H16FN/c1-12(2)8-14-7-11(12)9-3-5-10(13)6-4-9/h3-6,11,14H,7-8H2,1-2H3/t11-/m0/s1. The maximum Gasteiger partial charge on any atom is 0.123 e. The molecule has 0 saturated carbocycles. The Hall–Kier alpha value is -0.890. The summed E-state index contributed by atoms with van der Waals surface area (Å²) in [6.07, 6.45) is 0. The van der Waals surface area contributed by atoms with Gasteiger partial charge in [-0.15, -0.1) is 0 Å². The van der Waals surface area contributed by atoms with Crippen molar-refractivity contribution in [3.05, 3.63) is 35.6 Å². The molecule has 1 aromatic rings. The summed E-state index contributed by atoms with van der Waals surface area (Å²) < 4.78 is 12.8. The maximum absolute atomic E-state index is 12.8. The van der Waals surface area contributed by atoms with E-state index in [4.69, 9.17) is 0 Å². The summed E-state index contributed by atoms with van der Waals surface area (Å²) >= 11 is 0. The predicted octanol–water partition coefficient (Wildman–Crippen LogP) is 2.54. The van der Waals surface area contributed by atoms with Crippen LogP contribution in [0.1, 0.15) is 25.3 Å². The van der Waals surface area contributed by atoms with Crippen LogP contribution in [-0.2, 0) is 0 Å². The highest BCUT2D eigenvalue weighted by atomic mass is 19.1. The van der Waals surface area contributed by atoms with Gasteiger partial charge in [0.15, 0.2) is 0 Å². The molecule has 0 radical (unpaired) electrons. The van der Waals surface area contributed by atoms with Crippen LogP contribution in [0.4, 0.5) is 4.39 Å². The lowest BCUT2D eigenvalue weighted by atomic mass is 9.78. The van der Waals surface area contributed by atoms with Crippen LogP contribution in [0, 0.1) is 11.2 Å². The van der Waals surface area contributed by atoms with Crippen LogP contribution in [0.3, 0.4) is 0 Å². The van der Waals surface area contributed by atoms with Crippen molar-refractivity contribution < 1.29 is 4.39 Å². The van der Waals surface area contributed by atoms with Gasteiger partial charge in [0, 0.05) is 19.0 Å². The average Bonchev–Trinajstić information content (AvgIpc) is 2.47. The monoisotopic (exact) mass is 193 g/mol. The Morgan fingerprint density at radius 1 is 1.29 bits per heavy atom. The highest BCUT2D eigenvalue weighted by molar-refractivity contribution is 5.24. The minimum absolute atomic E-state index is 0.155. The molecule has 1 N–H and O–H groups in total. The maximum atomic E-state index is 12.8.